The first-order chi connectivity index (χ1) is 5.91. The van der Waals surface area contributed by atoms with E-state index in [4.69, 9.17) is 4.74 Å². The summed E-state index contributed by atoms with van der Waals surface area (Å²) in [6, 6.07) is 0. The van der Waals surface area contributed by atoms with Crippen LogP contribution in [0.25, 0.3) is 0 Å². The van der Waals surface area contributed by atoms with Gasteiger partial charge in [-0.2, -0.15) is 0 Å². The Morgan fingerprint density at radius 1 is 1.00 bits per heavy atom. The lowest BCUT2D eigenvalue weighted by Gasteiger charge is -1.94. The predicted octanol–water partition coefficient (Wildman–Crippen LogP) is 3.55. The zero-order chi connectivity index (χ0) is 9.07. The Hall–Kier alpha value is -0.300. The van der Waals surface area contributed by atoms with Gasteiger partial charge in [-0.15, -0.1) is 0 Å². The van der Waals surface area contributed by atoms with Crippen molar-refractivity contribution in [1.82, 2.24) is 0 Å². The Kier molecular flexibility index (Phi) is 10.4. The molecule has 0 bridgehead atoms. The van der Waals surface area contributed by atoms with Crippen LogP contribution >= 0.6 is 0 Å². The van der Waals surface area contributed by atoms with Crippen molar-refractivity contribution in [1.29, 1.82) is 0 Å². The maximum Gasteiger partial charge on any atom is 0.0496 e. The fourth-order valence-electron chi connectivity index (χ4n) is 1.11. The second-order valence-corrected chi connectivity index (χ2v) is 3.10. The van der Waals surface area contributed by atoms with Crippen LogP contribution in [0.15, 0.2) is 12.2 Å². The van der Waals surface area contributed by atoms with Gasteiger partial charge in [-0.25, -0.2) is 0 Å². The average Bonchev–Trinajstić information content (AvgIpc) is 2.10. The Balaban J connectivity index is 2.92. The summed E-state index contributed by atoms with van der Waals surface area (Å²) in [5.74, 6) is 0. The third kappa shape index (κ3) is 9.70. The Morgan fingerprint density at radius 2 is 1.75 bits per heavy atom. The molecule has 0 radical (unpaired) electrons. The number of unbranched alkanes of at least 4 members (excludes halogenated alkanes) is 4. The quantitative estimate of drug-likeness (QED) is 0.400. The van der Waals surface area contributed by atoms with Crippen LogP contribution in [-0.2, 0) is 4.74 Å². The van der Waals surface area contributed by atoms with Gasteiger partial charge in [-0.1, -0.05) is 38.3 Å². The highest BCUT2D eigenvalue weighted by molar-refractivity contribution is 4.81. The molecule has 0 fully saturated rings. The summed E-state index contributed by atoms with van der Waals surface area (Å²) >= 11 is 0. The van der Waals surface area contributed by atoms with Gasteiger partial charge >= 0.3 is 0 Å². The summed E-state index contributed by atoms with van der Waals surface area (Å²) in [6.45, 7) is 3.10. The molecule has 0 aliphatic carbocycles. The summed E-state index contributed by atoms with van der Waals surface area (Å²) in [5.41, 5.74) is 0. The SMILES string of the molecule is CCCCCC/C=C/CCOC. The number of hydrogen-bond donors (Lipinski definition) is 0. The maximum absolute atomic E-state index is 4.94. The monoisotopic (exact) mass is 170 g/mol. The number of rotatable bonds is 8. The smallest absolute Gasteiger partial charge is 0.0496 e. The molecule has 12 heavy (non-hydrogen) atoms. The number of hydrogen-bond acceptors (Lipinski definition) is 1. The van der Waals surface area contributed by atoms with Gasteiger partial charge in [0, 0.05) is 13.7 Å². The molecular weight excluding hydrogens is 148 g/mol. The molecule has 0 N–H and O–H groups in total. The van der Waals surface area contributed by atoms with Crippen molar-refractivity contribution < 1.29 is 4.74 Å². The molecule has 0 aliphatic heterocycles. The zero-order valence-corrected chi connectivity index (χ0v) is 8.51. The van der Waals surface area contributed by atoms with E-state index in [1.165, 1.54) is 32.1 Å². The van der Waals surface area contributed by atoms with Crippen molar-refractivity contribution in [2.45, 2.75) is 45.4 Å². The van der Waals surface area contributed by atoms with Gasteiger partial charge < -0.3 is 4.74 Å². The second kappa shape index (κ2) is 10.7. The van der Waals surface area contributed by atoms with E-state index >= 15 is 0 Å². The Labute approximate surface area is 76.8 Å². The summed E-state index contributed by atoms with van der Waals surface area (Å²) < 4.78 is 4.94. The van der Waals surface area contributed by atoms with Gasteiger partial charge in [0.25, 0.3) is 0 Å². The topological polar surface area (TPSA) is 9.23 Å². The molecule has 0 saturated heterocycles. The van der Waals surface area contributed by atoms with Crippen LogP contribution in [0.3, 0.4) is 0 Å². The van der Waals surface area contributed by atoms with Crippen LogP contribution < -0.4 is 0 Å². The molecule has 0 aromatic heterocycles. The minimum atomic E-state index is 0.853. The van der Waals surface area contributed by atoms with E-state index in [0.29, 0.717) is 0 Å². The van der Waals surface area contributed by atoms with Crippen LogP contribution in [0, 0.1) is 0 Å². The number of ether oxygens (including phenoxy) is 1. The lowest BCUT2D eigenvalue weighted by atomic mass is 10.1. The van der Waals surface area contributed by atoms with Crippen LogP contribution in [0.4, 0.5) is 0 Å². The number of methoxy groups -OCH3 is 1. The molecule has 0 spiro atoms. The largest absolute Gasteiger partial charge is 0.384 e. The number of allylic oxidation sites excluding steroid dienone is 1. The molecule has 0 atom stereocenters. The molecular formula is C11H22O. The van der Waals surface area contributed by atoms with Gasteiger partial charge in [0.1, 0.15) is 0 Å². The third-order valence-corrected chi connectivity index (χ3v) is 1.88. The minimum Gasteiger partial charge on any atom is -0.384 e. The Morgan fingerprint density at radius 3 is 2.42 bits per heavy atom. The van der Waals surface area contributed by atoms with Gasteiger partial charge in [0.2, 0.25) is 0 Å². The van der Waals surface area contributed by atoms with Crippen LogP contribution in [0.1, 0.15) is 45.4 Å². The third-order valence-electron chi connectivity index (χ3n) is 1.88. The molecule has 0 heterocycles. The van der Waals surface area contributed by atoms with Crippen molar-refractivity contribution in [2.75, 3.05) is 13.7 Å². The summed E-state index contributed by atoms with van der Waals surface area (Å²) in [6.07, 6.45) is 12.2. The standard InChI is InChI=1S/C11H22O/c1-3-4-5-6-7-8-9-10-11-12-2/h8-9H,3-7,10-11H2,1-2H3/b9-8+. The average molecular weight is 170 g/mol. The summed E-state index contributed by atoms with van der Waals surface area (Å²) in [4.78, 5) is 0. The maximum atomic E-state index is 4.94. The molecule has 72 valence electrons. The lowest BCUT2D eigenvalue weighted by Crippen LogP contribution is -1.83. The zero-order valence-electron chi connectivity index (χ0n) is 8.51. The highest BCUT2D eigenvalue weighted by Crippen LogP contribution is 2.02. The fourth-order valence-corrected chi connectivity index (χ4v) is 1.11. The molecule has 0 unspecified atom stereocenters. The van der Waals surface area contributed by atoms with Crippen molar-refractivity contribution in [3.63, 3.8) is 0 Å². The highest BCUT2D eigenvalue weighted by atomic mass is 16.5. The first-order valence-electron chi connectivity index (χ1n) is 5.05. The van der Waals surface area contributed by atoms with Crippen molar-refractivity contribution in [2.24, 2.45) is 0 Å². The lowest BCUT2D eigenvalue weighted by molar-refractivity contribution is 0.204. The fraction of sp³-hybridized carbons (Fsp3) is 0.818. The molecule has 0 amide bonds. The first kappa shape index (κ1) is 11.7. The molecule has 0 saturated carbocycles. The normalized spacial score (nSPS) is 11.2. The molecule has 1 heteroatoms. The van der Waals surface area contributed by atoms with Gasteiger partial charge in [0.05, 0.1) is 0 Å². The molecule has 1 nitrogen and oxygen atoms in total. The van der Waals surface area contributed by atoms with E-state index in [-0.39, 0.29) is 0 Å². The van der Waals surface area contributed by atoms with E-state index in [2.05, 4.69) is 19.1 Å². The van der Waals surface area contributed by atoms with E-state index in [9.17, 15) is 0 Å². The van der Waals surface area contributed by atoms with Gasteiger partial charge in [-0.3, -0.25) is 0 Å². The Bertz CT molecular complexity index is 97.2. The van der Waals surface area contributed by atoms with Crippen molar-refractivity contribution >= 4 is 0 Å². The first-order valence-corrected chi connectivity index (χ1v) is 5.05. The van der Waals surface area contributed by atoms with Crippen LogP contribution in [0.5, 0.6) is 0 Å². The van der Waals surface area contributed by atoms with E-state index in [0.717, 1.165) is 13.0 Å². The summed E-state index contributed by atoms with van der Waals surface area (Å²) in [5, 5.41) is 0. The van der Waals surface area contributed by atoms with Gasteiger partial charge in [0.15, 0.2) is 0 Å². The molecule has 0 aromatic carbocycles. The van der Waals surface area contributed by atoms with Gasteiger partial charge in [-0.05, 0) is 19.3 Å². The molecule has 0 aliphatic rings. The van der Waals surface area contributed by atoms with Crippen molar-refractivity contribution in [3.05, 3.63) is 12.2 Å². The van der Waals surface area contributed by atoms with E-state index in [1.807, 2.05) is 0 Å². The summed E-state index contributed by atoms with van der Waals surface area (Å²) in [7, 11) is 1.75. The van der Waals surface area contributed by atoms with E-state index < -0.39 is 0 Å². The van der Waals surface area contributed by atoms with Crippen LogP contribution in [-0.4, -0.2) is 13.7 Å². The molecule has 0 aromatic rings. The van der Waals surface area contributed by atoms with Crippen molar-refractivity contribution in [3.8, 4) is 0 Å². The minimum absolute atomic E-state index is 0.853. The predicted molar refractivity (Wildman–Crippen MR) is 54.4 cm³/mol. The second-order valence-electron chi connectivity index (χ2n) is 3.10. The molecule has 0 rings (SSSR count). The van der Waals surface area contributed by atoms with E-state index in [1.54, 1.807) is 7.11 Å². The highest BCUT2D eigenvalue weighted by Gasteiger charge is 1.84. The van der Waals surface area contributed by atoms with Crippen LogP contribution in [0.2, 0.25) is 0 Å².